The number of methoxy groups -OCH3 is 2. The van der Waals surface area contributed by atoms with Crippen molar-refractivity contribution in [3.8, 4) is 11.4 Å². The van der Waals surface area contributed by atoms with Crippen LogP contribution in [0.5, 0.6) is 5.75 Å². The number of aromatic nitrogens is 2. The van der Waals surface area contributed by atoms with Crippen molar-refractivity contribution in [3.63, 3.8) is 0 Å². The molecule has 1 N–H and O–H groups in total. The number of hydrogen-bond acceptors (Lipinski definition) is 7. The molecule has 0 aliphatic heterocycles. The Bertz CT molecular complexity index is 1190. The molecular formula is C21H20N4O6. The largest absolute Gasteiger partial charge is 0.497 e. The minimum atomic E-state index is -0.532. The highest BCUT2D eigenvalue weighted by atomic mass is 16.6. The van der Waals surface area contributed by atoms with Crippen LogP contribution in [-0.2, 0) is 16.0 Å². The number of carbonyl (C=O) groups excluding carboxylic acids is 1. The third-order valence-corrected chi connectivity index (χ3v) is 4.56. The number of aliphatic imine (C=N–C) groups is 1. The first kappa shape index (κ1) is 21.5. The van der Waals surface area contributed by atoms with Gasteiger partial charge in [0.15, 0.2) is 0 Å². The zero-order valence-electron chi connectivity index (χ0n) is 17.1. The van der Waals surface area contributed by atoms with Crippen molar-refractivity contribution in [2.75, 3.05) is 14.2 Å². The van der Waals surface area contributed by atoms with Gasteiger partial charge in [-0.25, -0.2) is 4.68 Å². The maximum atomic E-state index is 13.2. The minimum absolute atomic E-state index is 0.101. The predicted molar refractivity (Wildman–Crippen MR) is 114 cm³/mol. The van der Waals surface area contributed by atoms with Crippen molar-refractivity contribution in [2.45, 2.75) is 13.3 Å². The second kappa shape index (κ2) is 9.08. The van der Waals surface area contributed by atoms with Gasteiger partial charge in [0.2, 0.25) is 0 Å². The Morgan fingerprint density at radius 2 is 1.77 bits per heavy atom. The fourth-order valence-corrected chi connectivity index (χ4v) is 3.01. The molecule has 10 heteroatoms. The van der Waals surface area contributed by atoms with E-state index in [4.69, 9.17) is 9.47 Å². The summed E-state index contributed by atoms with van der Waals surface area (Å²) in [5, 5.41) is 13.8. The molecule has 0 unspecified atom stereocenters. The van der Waals surface area contributed by atoms with E-state index in [9.17, 15) is 19.7 Å². The van der Waals surface area contributed by atoms with E-state index in [1.165, 1.54) is 36.1 Å². The van der Waals surface area contributed by atoms with Gasteiger partial charge in [0.05, 0.1) is 53.9 Å². The molecule has 1 aromatic heterocycles. The Balaban J connectivity index is 2.08. The van der Waals surface area contributed by atoms with Gasteiger partial charge in [-0.05, 0) is 43.3 Å². The molecule has 0 atom stereocenters. The molecule has 10 nitrogen and oxygen atoms in total. The number of H-pyrrole nitrogens is 1. The molecule has 2 aromatic carbocycles. The molecule has 31 heavy (non-hydrogen) atoms. The lowest BCUT2D eigenvalue weighted by atomic mass is 10.1. The topological polar surface area (TPSA) is 129 Å². The van der Waals surface area contributed by atoms with Crippen molar-refractivity contribution in [2.24, 2.45) is 4.99 Å². The molecule has 0 saturated heterocycles. The molecular weight excluding hydrogens is 404 g/mol. The van der Waals surface area contributed by atoms with Gasteiger partial charge in [0.1, 0.15) is 5.75 Å². The predicted octanol–water partition coefficient (Wildman–Crippen LogP) is 2.94. The Kier molecular flexibility index (Phi) is 6.29. The standard InChI is InChI=1S/C21H20N4O6/c1-13(22-14-4-10-17(30-2)11-5-14)20-18(12-19(26)31-3)23-24(21(20)27)15-6-8-16(9-7-15)25(28)29/h4-11,23H,12H2,1-3H3. The summed E-state index contributed by atoms with van der Waals surface area (Å²) in [5.41, 5.74) is 1.38. The van der Waals surface area contributed by atoms with E-state index < -0.39 is 16.5 Å². The van der Waals surface area contributed by atoms with Crippen LogP contribution in [0, 0.1) is 10.1 Å². The first-order chi connectivity index (χ1) is 14.8. The zero-order valence-corrected chi connectivity index (χ0v) is 17.1. The Morgan fingerprint density at radius 3 is 2.32 bits per heavy atom. The summed E-state index contributed by atoms with van der Waals surface area (Å²) >= 11 is 0. The molecule has 0 spiro atoms. The van der Waals surface area contributed by atoms with Crippen LogP contribution < -0.4 is 10.3 Å². The fourth-order valence-electron chi connectivity index (χ4n) is 3.01. The number of carbonyl (C=O) groups is 1. The molecule has 160 valence electrons. The maximum absolute atomic E-state index is 13.2. The average Bonchev–Trinajstić information content (AvgIpc) is 3.09. The van der Waals surface area contributed by atoms with Crippen molar-refractivity contribution in [1.82, 2.24) is 9.78 Å². The Labute approximate surface area is 176 Å². The van der Waals surface area contributed by atoms with E-state index in [1.54, 1.807) is 38.3 Å². The van der Waals surface area contributed by atoms with E-state index in [0.717, 1.165) is 0 Å². The van der Waals surface area contributed by atoms with Gasteiger partial charge in [-0.2, -0.15) is 0 Å². The number of esters is 1. The number of nitrogens with one attached hydrogen (secondary N) is 1. The second-order valence-electron chi connectivity index (χ2n) is 6.53. The molecule has 0 amide bonds. The molecule has 1 heterocycles. The third kappa shape index (κ3) is 4.69. The van der Waals surface area contributed by atoms with Crippen LogP contribution in [0.25, 0.3) is 5.69 Å². The summed E-state index contributed by atoms with van der Waals surface area (Å²) in [7, 11) is 2.81. The first-order valence-corrected chi connectivity index (χ1v) is 9.19. The van der Waals surface area contributed by atoms with E-state index >= 15 is 0 Å². The highest BCUT2D eigenvalue weighted by molar-refractivity contribution is 6.01. The number of nitro groups is 1. The third-order valence-electron chi connectivity index (χ3n) is 4.56. The fraction of sp³-hybridized carbons (Fsp3) is 0.190. The van der Waals surface area contributed by atoms with E-state index in [0.29, 0.717) is 28.5 Å². The van der Waals surface area contributed by atoms with Gasteiger partial charge >= 0.3 is 5.97 Å². The second-order valence-corrected chi connectivity index (χ2v) is 6.53. The SMILES string of the molecule is COC(=O)Cc1[nH]n(-c2ccc([N+](=O)[O-])cc2)c(=O)c1C(C)=Nc1ccc(OC)cc1. The van der Waals surface area contributed by atoms with Crippen molar-refractivity contribution < 1.29 is 19.2 Å². The summed E-state index contributed by atoms with van der Waals surface area (Å²) in [5.74, 6) is 0.140. The smallest absolute Gasteiger partial charge is 0.311 e. The minimum Gasteiger partial charge on any atom is -0.497 e. The number of benzene rings is 2. The molecule has 0 radical (unpaired) electrons. The van der Waals surface area contributed by atoms with Gasteiger partial charge in [-0.1, -0.05) is 0 Å². The summed E-state index contributed by atoms with van der Waals surface area (Å²) in [6, 6.07) is 12.4. The molecule has 0 fully saturated rings. The summed E-state index contributed by atoms with van der Waals surface area (Å²) < 4.78 is 11.1. The van der Waals surface area contributed by atoms with Crippen molar-refractivity contribution >= 4 is 23.1 Å². The lowest BCUT2D eigenvalue weighted by Gasteiger charge is -2.03. The lowest BCUT2D eigenvalue weighted by molar-refractivity contribution is -0.384. The van der Waals surface area contributed by atoms with Gasteiger partial charge in [-0.15, -0.1) is 0 Å². The van der Waals surface area contributed by atoms with Gasteiger partial charge in [-0.3, -0.25) is 29.8 Å². The average molecular weight is 424 g/mol. The van der Waals surface area contributed by atoms with Gasteiger partial charge in [0, 0.05) is 12.1 Å². The van der Waals surface area contributed by atoms with Crippen LogP contribution in [0.4, 0.5) is 11.4 Å². The van der Waals surface area contributed by atoms with E-state index in [-0.39, 0.29) is 17.7 Å². The summed E-state index contributed by atoms with van der Waals surface area (Å²) in [4.78, 5) is 39.9. The Hall–Kier alpha value is -4.21. The molecule has 0 saturated carbocycles. The maximum Gasteiger partial charge on any atom is 0.311 e. The normalized spacial score (nSPS) is 11.3. The highest BCUT2D eigenvalue weighted by Crippen LogP contribution is 2.20. The van der Waals surface area contributed by atoms with Crippen LogP contribution in [0.1, 0.15) is 18.2 Å². The number of nitrogens with zero attached hydrogens (tertiary/aromatic N) is 3. The molecule has 0 aliphatic rings. The summed E-state index contributed by atoms with van der Waals surface area (Å²) in [6.07, 6.45) is -0.170. The first-order valence-electron chi connectivity index (χ1n) is 9.19. The number of non-ortho nitro benzene ring substituents is 1. The van der Waals surface area contributed by atoms with Crippen molar-refractivity contribution in [1.29, 1.82) is 0 Å². The van der Waals surface area contributed by atoms with Crippen LogP contribution in [-0.4, -0.2) is 40.6 Å². The molecule has 3 rings (SSSR count). The molecule has 0 bridgehead atoms. The van der Waals surface area contributed by atoms with E-state index in [1.807, 2.05) is 0 Å². The lowest BCUT2D eigenvalue weighted by Crippen LogP contribution is -2.20. The number of nitro benzene ring substituents is 1. The van der Waals surface area contributed by atoms with Crippen LogP contribution >= 0.6 is 0 Å². The number of ether oxygens (including phenoxy) is 2. The molecule has 0 aliphatic carbocycles. The Morgan fingerprint density at radius 1 is 1.13 bits per heavy atom. The summed E-state index contributed by atoms with van der Waals surface area (Å²) in [6.45, 7) is 1.66. The van der Waals surface area contributed by atoms with Gasteiger partial charge in [0.25, 0.3) is 11.2 Å². The van der Waals surface area contributed by atoms with E-state index in [2.05, 4.69) is 10.1 Å². The monoisotopic (exact) mass is 424 g/mol. The van der Waals surface area contributed by atoms with Gasteiger partial charge < -0.3 is 9.47 Å². The van der Waals surface area contributed by atoms with Crippen LogP contribution in [0.2, 0.25) is 0 Å². The number of rotatable bonds is 7. The molecule has 3 aromatic rings. The number of aromatic amines is 1. The number of hydrogen-bond donors (Lipinski definition) is 1. The highest BCUT2D eigenvalue weighted by Gasteiger charge is 2.21. The van der Waals surface area contributed by atoms with Crippen LogP contribution in [0.15, 0.2) is 58.3 Å². The quantitative estimate of drug-likeness (QED) is 0.269. The van der Waals surface area contributed by atoms with Crippen molar-refractivity contribution in [3.05, 3.63) is 80.3 Å². The van der Waals surface area contributed by atoms with Crippen LogP contribution in [0.3, 0.4) is 0 Å². The zero-order chi connectivity index (χ0) is 22.5.